The summed E-state index contributed by atoms with van der Waals surface area (Å²) in [4.78, 5) is 28.7. The predicted octanol–water partition coefficient (Wildman–Crippen LogP) is 3.57. The summed E-state index contributed by atoms with van der Waals surface area (Å²) in [7, 11) is 0. The van der Waals surface area contributed by atoms with E-state index in [-0.39, 0.29) is 11.8 Å². The Balaban J connectivity index is 1.36. The Labute approximate surface area is 157 Å². The van der Waals surface area contributed by atoms with Gasteiger partial charge < -0.3 is 9.80 Å². The number of rotatable bonds is 6. The maximum atomic E-state index is 12.4. The fourth-order valence-corrected chi connectivity index (χ4v) is 4.15. The molecule has 2 aliphatic rings. The van der Waals surface area contributed by atoms with Crippen molar-refractivity contribution in [2.45, 2.75) is 58.3 Å². The molecule has 0 radical (unpaired) electrons. The summed E-state index contributed by atoms with van der Waals surface area (Å²) in [6.45, 7) is 4.83. The van der Waals surface area contributed by atoms with Crippen molar-refractivity contribution < 1.29 is 9.59 Å². The van der Waals surface area contributed by atoms with Crippen LogP contribution in [-0.4, -0.2) is 47.8 Å². The molecule has 142 valence electrons. The molecular weight excluding hydrogens is 324 g/mol. The van der Waals surface area contributed by atoms with Gasteiger partial charge in [0.15, 0.2) is 0 Å². The molecule has 0 spiro atoms. The molecule has 0 aromatic heterocycles. The monoisotopic (exact) mass is 356 g/mol. The zero-order valence-electron chi connectivity index (χ0n) is 16.1. The second kappa shape index (κ2) is 9.20. The van der Waals surface area contributed by atoms with Gasteiger partial charge in [-0.2, -0.15) is 0 Å². The molecule has 0 unspecified atom stereocenters. The normalized spacial score (nSPS) is 18.3. The van der Waals surface area contributed by atoms with E-state index in [1.807, 2.05) is 9.80 Å². The summed E-state index contributed by atoms with van der Waals surface area (Å²) in [5.74, 6) is 1.26. The lowest BCUT2D eigenvalue weighted by Crippen LogP contribution is -2.50. The zero-order chi connectivity index (χ0) is 18.4. The molecule has 1 saturated carbocycles. The van der Waals surface area contributed by atoms with E-state index in [4.69, 9.17) is 0 Å². The topological polar surface area (TPSA) is 40.6 Å². The van der Waals surface area contributed by atoms with Gasteiger partial charge in [0.1, 0.15) is 0 Å². The van der Waals surface area contributed by atoms with E-state index >= 15 is 0 Å². The Morgan fingerprint density at radius 1 is 0.885 bits per heavy atom. The molecule has 0 N–H and O–H groups in total. The molecule has 2 fully saturated rings. The lowest BCUT2D eigenvalue weighted by atomic mass is 10.0. The quantitative estimate of drug-likeness (QED) is 0.782. The first kappa shape index (κ1) is 18.9. The summed E-state index contributed by atoms with van der Waals surface area (Å²) in [5.41, 5.74) is 2.46. The number of benzene rings is 1. The van der Waals surface area contributed by atoms with Crippen LogP contribution in [0.4, 0.5) is 0 Å². The number of hydrogen-bond acceptors (Lipinski definition) is 2. The SMILES string of the molecule is Cc1ccc(CCC(=O)N2CCN(C(=O)CCC3CCCC3)CC2)cc1. The van der Waals surface area contributed by atoms with Crippen molar-refractivity contribution in [1.82, 2.24) is 9.80 Å². The van der Waals surface area contributed by atoms with Crippen LogP contribution >= 0.6 is 0 Å². The molecule has 2 amide bonds. The van der Waals surface area contributed by atoms with E-state index in [2.05, 4.69) is 31.2 Å². The first-order valence-electron chi connectivity index (χ1n) is 10.2. The largest absolute Gasteiger partial charge is 0.339 e. The van der Waals surface area contributed by atoms with Crippen molar-refractivity contribution in [1.29, 1.82) is 0 Å². The lowest BCUT2D eigenvalue weighted by molar-refractivity contribution is -0.139. The van der Waals surface area contributed by atoms with Gasteiger partial charge in [0.25, 0.3) is 0 Å². The zero-order valence-corrected chi connectivity index (χ0v) is 16.1. The van der Waals surface area contributed by atoms with E-state index in [1.165, 1.54) is 36.8 Å². The van der Waals surface area contributed by atoms with E-state index in [1.54, 1.807) is 0 Å². The number of amides is 2. The molecule has 1 aromatic carbocycles. The maximum Gasteiger partial charge on any atom is 0.223 e. The van der Waals surface area contributed by atoms with Crippen LogP contribution in [0.5, 0.6) is 0 Å². The molecule has 4 heteroatoms. The lowest BCUT2D eigenvalue weighted by Gasteiger charge is -2.35. The Bertz CT molecular complexity index is 597. The summed E-state index contributed by atoms with van der Waals surface area (Å²) < 4.78 is 0. The van der Waals surface area contributed by atoms with Gasteiger partial charge in [-0.15, -0.1) is 0 Å². The molecule has 26 heavy (non-hydrogen) atoms. The summed E-state index contributed by atoms with van der Waals surface area (Å²) in [6.07, 6.45) is 8.36. The molecule has 4 nitrogen and oxygen atoms in total. The van der Waals surface area contributed by atoms with Crippen LogP contribution in [0.15, 0.2) is 24.3 Å². The highest BCUT2D eigenvalue weighted by atomic mass is 16.2. The summed E-state index contributed by atoms with van der Waals surface area (Å²) >= 11 is 0. The average Bonchev–Trinajstić information content (AvgIpc) is 3.19. The summed E-state index contributed by atoms with van der Waals surface area (Å²) in [5, 5.41) is 0. The minimum atomic E-state index is 0.212. The van der Waals surface area contributed by atoms with Crippen LogP contribution in [0, 0.1) is 12.8 Å². The van der Waals surface area contributed by atoms with E-state index in [0.29, 0.717) is 39.0 Å². The van der Waals surface area contributed by atoms with Crippen LogP contribution in [0.2, 0.25) is 0 Å². The van der Waals surface area contributed by atoms with Gasteiger partial charge in [0.05, 0.1) is 0 Å². The highest BCUT2D eigenvalue weighted by molar-refractivity contribution is 5.78. The number of nitrogens with zero attached hydrogens (tertiary/aromatic N) is 2. The second-order valence-electron chi connectivity index (χ2n) is 7.94. The Morgan fingerprint density at radius 2 is 1.42 bits per heavy atom. The Kier molecular flexibility index (Phi) is 6.70. The van der Waals surface area contributed by atoms with Crippen LogP contribution in [0.1, 0.15) is 56.1 Å². The molecule has 1 aliphatic heterocycles. The Hall–Kier alpha value is -1.84. The molecule has 0 atom stereocenters. The summed E-state index contributed by atoms with van der Waals surface area (Å²) in [6, 6.07) is 8.39. The van der Waals surface area contributed by atoms with Crippen LogP contribution in [0.25, 0.3) is 0 Å². The highest BCUT2D eigenvalue weighted by Crippen LogP contribution is 2.28. The predicted molar refractivity (Wildman–Crippen MR) is 104 cm³/mol. The van der Waals surface area contributed by atoms with E-state index in [0.717, 1.165) is 18.8 Å². The first-order chi connectivity index (χ1) is 12.6. The number of aryl methyl sites for hydroxylation is 2. The van der Waals surface area contributed by atoms with Crippen molar-refractivity contribution in [2.24, 2.45) is 5.92 Å². The van der Waals surface area contributed by atoms with Crippen molar-refractivity contribution in [3.8, 4) is 0 Å². The van der Waals surface area contributed by atoms with Gasteiger partial charge in [0.2, 0.25) is 11.8 Å². The molecule has 0 bridgehead atoms. The number of hydrogen-bond donors (Lipinski definition) is 0. The standard InChI is InChI=1S/C22H32N2O2/c1-18-6-8-20(9-7-18)11-13-22(26)24-16-14-23(15-17-24)21(25)12-10-19-4-2-3-5-19/h6-9,19H,2-5,10-17H2,1H3. The fraction of sp³-hybridized carbons (Fsp3) is 0.636. The van der Waals surface area contributed by atoms with Crippen molar-refractivity contribution in [2.75, 3.05) is 26.2 Å². The van der Waals surface area contributed by atoms with Gasteiger partial charge in [-0.05, 0) is 31.2 Å². The highest BCUT2D eigenvalue weighted by Gasteiger charge is 2.24. The van der Waals surface area contributed by atoms with Crippen LogP contribution < -0.4 is 0 Å². The third-order valence-corrected chi connectivity index (χ3v) is 5.97. The van der Waals surface area contributed by atoms with Gasteiger partial charge in [0, 0.05) is 39.0 Å². The molecular formula is C22H32N2O2. The number of carbonyl (C=O) groups excluding carboxylic acids is 2. The van der Waals surface area contributed by atoms with Crippen molar-refractivity contribution in [3.05, 3.63) is 35.4 Å². The van der Waals surface area contributed by atoms with Crippen LogP contribution in [0.3, 0.4) is 0 Å². The fourth-order valence-electron chi connectivity index (χ4n) is 4.15. The van der Waals surface area contributed by atoms with Crippen molar-refractivity contribution >= 4 is 11.8 Å². The third kappa shape index (κ3) is 5.33. The second-order valence-corrected chi connectivity index (χ2v) is 7.94. The van der Waals surface area contributed by atoms with E-state index in [9.17, 15) is 9.59 Å². The van der Waals surface area contributed by atoms with E-state index < -0.39 is 0 Å². The third-order valence-electron chi connectivity index (χ3n) is 5.97. The first-order valence-corrected chi connectivity index (χ1v) is 10.2. The molecule has 1 aliphatic carbocycles. The molecule has 1 saturated heterocycles. The number of carbonyl (C=O) groups is 2. The van der Waals surface area contributed by atoms with Gasteiger partial charge in [-0.1, -0.05) is 55.5 Å². The Morgan fingerprint density at radius 3 is 2.00 bits per heavy atom. The van der Waals surface area contributed by atoms with Gasteiger partial charge in [-0.25, -0.2) is 0 Å². The van der Waals surface area contributed by atoms with Crippen LogP contribution in [-0.2, 0) is 16.0 Å². The van der Waals surface area contributed by atoms with Gasteiger partial charge >= 0.3 is 0 Å². The smallest absolute Gasteiger partial charge is 0.223 e. The minimum Gasteiger partial charge on any atom is -0.339 e. The minimum absolute atomic E-state index is 0.212. The van der Waals surface area contributed by atoms with Gasteiger partial charge in [-0.3, -0.25) is 9.59 Å². The molecule has 3 rings (SSSR count). The average molecular weight is 357 g/mol. The molecule has 1 heterocycles. The maximum absolute atomic E-state index is 12.4. The van der Waals surface area contributed by atoms with Crippen molar-refractivity contribution in [3.63, 3.8) is 0 Å². The molecule has 1 aromatic rings. The number of piperazine rings is 1.